The highest BCUT2D eigenvalue weighted by Crippen LogP contribution is 2.41. The van der Waals surface area contributed by atoms with Gasteiger partial charge in [0.05, 0.1) is 6.04 Å². The lowest BCUT2D eigenvalue weighted by Crippen LogP contribution is -2.53. The summed E-state index contributed by atoms with van der Waals surface area (Å²) in [5.41, 5.74) is 4.49. The van der Waals surface area contributed by atoms with Gasteiger partial charge >= 0.3 is 0 Å². The Morgan fingerprint density at radius 3 is 2.19 bits per heavy atom. The minimum Gasteiger partial charge on any atom is -0.311 e. The smallest absolute Gasteiger partial charge is 0.0507 e. The van der Waals surface area contributed by atoms with Crippen LogP contribution in [0.5, 0.6) is 0 Å². The average molecular weight is 288 g/mol. The van der Waals surface area contributed by atoms with Gasteiger partial charge in [0, 0.05) is 5.54 Å². The van der Waals surface area contributed by atoms with Crippen LogP contribution in [0.25, 0.3) is 0 Å². The zero-order valence-electron chi connectivity index (χ0n) is 14.5. The highest BCUT2D eigenvalue weighted by atomic mass is 15.2. The number of aryl methyl sites for hydroxylation is 2. The molecule has 1 fully saturated rings. The summed E-state index contributed by atoms with van der Waals surface area (Å²) in [4.78, 5) is 2.49. The van der Waals surface area contributed by atoms with E-state index in [1.807, 2.05) is 0 Å². The fourth-order valence-electron chi connectivity index (χ4n) is 4.12. The molecule has 21 heavy (non-hydrogen) atoms. The van der Waals surface area contributed by atoms with E-state index in [2.05, 4.69) is 63.4 Å². The molecule has 1 aliphatic carbocycles. The average Bonchev–Trinajstić information content (AvgIpc) is 2.70. The summed E-state index contributed by atoms with van der Waals surface area (Å²) in [6.07, 6.45) is 8.05. The molecular weight excluding hydrogens is 256 g/mol. The van der Waals surface area contributed by atoms with Crippen molar-refractivity contribution in [2.45, 2.75) is 64.0 Å². The molecule has 1 saturated carbocycles. The summed E-state index contributed by atoms with van der Waals surface area (Å²) in [6.45, 7) is 4.45. The van der Waals surface area contributed by atoms with Crippen LogP contribution in [0.2, 0.25) is 0 Å². The number of benzene rings is 1. The maximum Gasteiger partial charge on any atom is 0.0507 e. The molecule has 2 heteroatoms. The Morgan fingerprint density at radius 1 is 1.05 bits per heavy atom. The highest BCUT2D eigenvalue weighted by Gasteiger charge is 2.41. The van der Waals surface area contributed by atoms with Crippen molar-refractivity contribution >= 4 is 0 Å². The second-order valence-electron chi connectivity index (χ2n) is 6.99. The molecule has 2 rings (SSSR count). The molecule has 1 atom stereocenters. The van der Waals surface area contributed by atoms with E-state index in [0.717, 1.165) is 0 Å². The van der Waals surface area contributed by atoms with Crippen molar-refractivity contribution in [1.29, 1.82) is 0 Å². The van der Waals surface area contributed by atoms with Crippen molar-refractivity contribution in [3.8, 4) is 0 Å². The third-order valence-corrected chi connectivity index (χ3v) is 5.43. The van der Waals surface area contributed by atoms with Crippen LogP contribution in [0.3, 0.4) is 0 Å². The van der Waals surface area contributed by atoms with E-state index in [-0.39, 0.29) is 5.54 Å². The number of nitrogens with zero attached hydrogens (tertiary/aromatic N) is 1. The fourth-order valence-corrected chi connectivity index (χ4v) is 4.12. The monoisotopic (exact) mass is 288 g/mol. The van der Waals surface area contributed by atoms with Gasteiger partial charge in [-0.3, -0.25) is 0 Å². The first kappa shape index (κ1) is 16.5. The van der Waals surface area contributed by atoms with Crippen LogP contribution in [0.4, 0.5) is 0 Å². The Morgan fingerprint density at radius 2 is 1.67 bits per heavy atom. The van der Waals surface area contributed by atoms with E-state index >= 15 is 0 Å². The number of hydrogen-bond donors (Lipinski definition) is 1. The molecule has 1 N–H and O–H groups in total. The van der Waals surface area contributed by atoms with Crippen molar-refractivity contribution in [2.24, 2.45) is 0 Å². The lowest BCUT2D eigenvalue weighted by atomic mass is 9.76. The quantitative estimate of drug-likeness (QED) is 0.835. The van der Waals surface area contributed by atoms with Crippen molar-refractivity contribution < 1.29 is 0 Å². The Hall–Kier alpha value is -0.860. The Kier molecular flexibility index (Phi) is 5.45. The summed E-state index contributed by atoms with van der Waals surface area (Å²) < 4.78 is 0. The van der Waals surface area contributed by atoms with Gasteiger partial charge in [-0.2, -0.15) is 0 Å². The zero-order valence-corrected chi connectivity index (χ0v) is 14.5. The normalized spacial score (nSPS) is 20.3. The predicted octanol–water partition coefficient (Wildman–Crippen LogP) is 4.22. The molecule has 1 aromatic carbocycles. The van der Waals surface area contributed by atoms with Crippen molar-refractivity contribution in [1.82, 2.24) is 10.2 Å². The van der Waals surface area contributed by atoms with E-state index in [1.165, 1.54) is 55.2 Å². The maximum atomic E-state index is 3.66. The van der Waals surface area contributed by atoms with Gasteiger partial charge in [-0.15, -0.1) is 0 Å². The van der Waals surface area contributed by atoms with Crippen LogP contribution in [-0.2, 0) is 0 Å². The molecule has 118 valence electrons. The summed E-state index contributed by atoms with van der Waals surface area (Å²) in [7, 11) is 6.66. The lowest BCUT2D eigenvalue weighted by molar-refractivity contribution is 0.0832. The van der Waals surface area contributed by atoms with E-state index in [0.29, 0.717) is 6.04 Å². The summed E-state index contributed by atoms with van der Waals surface area (Å²) in [6, 6.07) is 7.29. The molecule has 0 heterocycles. The first-order valence-electron chi connectivity index (χ1n) is 8.43. The second-order valence-corrected chi connectivity index (χ2v) is 6.99. The number of hydrogen-bond acceptors (Lipinski definition) is 2. The van der Waals surface area contributed by atoms with Gasteiger partial charge in [0.25, 0.3) is 0 Å². The molecule has 1 aromatic rings. The van der Waals surface area contributed by atoms with Crippen LogP contribution < -0.4 is 5.32 Å². The molecule has 0 radical (unpaired) electrons. The Bertz CT molecular complexity index is 457. The molecule has 0 amide bonds. The molecular formula is C19H32N2. The SMILES string of the molecule is CNC(c1cc(C)ccc1C)C1(N(C)C)CCCCCC1. The van der Waals surface area contributed by atoms with Gasteiger partial charge in [0.1, 0.15) is 0 Å². The zero-order chi connectivity index (χ0) is 15.5. The summed E-state index contributed by atoms with van der Waals surface area (Å²) in [5, 5.41) is 3.66. The van der Waals surface area contributed by atoms with Crippen molar-refractivity contribution in [3.63, 3.8) is 0 Å². The molecule has 1 aliphatic rings. The third-order valence-electron chi connectivity index (χ3n) is 5.43. The molecule has 0 aliphatic heterocycles. The molecule has 0 saturated heterocycles. The van der Waals surface area contributed by atoms with E-state index < -0.39 is 0 Å². The second kappa shape index (κ2) is 6.93. The first-order chi connectivity index (χ1) is 10.0. The summed E-state index contributed by atoms with van der Waals surface area (Å²) in [5.74, 6) is 0. The van der Waals surface area contributed by atoms with Crippen LogP contribution in [0.15, 0.2) is 18.2 Å². The van der Waals surface area contributed by atoms with Crippen LogP contribution in [-0.4, -0.2) is 31.6 Å². The van der Waals surface area contributed by atoms with Crippen LogP contribution >= 0.6 is 0 Å². The number of likely N-dealkylation sites (N-methyl/N-ethyl adjacent to an activating group) is 2. The topological polar surface area (TPSA) is 15.3 Å². The van der Waals surface area contributed by atoms with Gasteiger partial charge in [-0.1, -0.05) is 49.4 Å². The fraction of sp³-hybridized carbons (Fsp3) is 0.684. The standard InChI is InChI=1S/C19H32N2/c1-15-10-11-16(2)17(14-15)18(20-3)19(21(4)5)12-8-6-7-9-13-19/h10-11,14,18,20H,6-9,12-13H2,1-5H3. The van der Waals surface area contributed by atoms with Crippen molar-refractivity contribution in [3.05, 3.63) is 34.9 Å². The van der Waals surface area contributed by atoms with Crippen molar-refractivity contribution in [2.75, 3.05) is 21.1 Å². The Labute approximate surface area is 130 Å². The number of nitrogens with one attached hydrogen (secondary N) is 1. The van der Waals surface area contributed by atoms with Gasteiger partial charge in [0.2, 0.25) is 0 Å². The Balaban J connectivity index is 2.46. The van der Waals surface area contributed by atoms with E-state index in [9.17, 15) is 0 Å². The molecule has 1 unspecified atom stereocenters. The van der Waals surface area contributed by atoms with Gasteiger partial charge in [-0.05, 0) is 59.0 Å². The van der Waals surface area contributed by atoms with Gasteiger partial charge in [-0.25, -0.2) is 0 Å². The molecule has 0 spiro atoms. The van der Waals surface area contributed by atoms with E-state index in [4.69, 9.17) is 0 Å². The minimum atomic E-state index is 0.240. The predicted molar refractivity (Wildman–Crippen MR) is 91.8 cm³/mol. The van der Waals surface area contributed by atoms with Gasteiger partial charge < -0.3 is 10.2 Å². The molecule has 0 bridgehead atoms. The molecule has 0 aromatic heterocycles. The third kappa shape index (κ3) is 3.32. The van der Waals surface area contributed by atoms with E-state index in [1.54, 1.807) is 0 Å². The number of rotatable bonds is 4. The molecule has 2 nitrogen and oxygen atoms in total. The largest absolute Gasteiger partial charge is 0.311 e. The van der Waals surface area contributed by atoms with Crippen LogP contribution in [0, 0.1) is 13.8 Å². The van der Waals surface area contributed by atoms with Crippen LogP contribution in [0.1, 0.15) is 61.3 Å². The highest BCUT2D eigenvalue weighted by molar-refractivity contribution is 5.35. The summed E-state index contributed by atoms with van der Waals surface area (Å²) >= 11 is 0. The van der Waals surface area contributed by atoms with Gasteiger partial charge in [0.15, 0.2) is 0 Å². The maximum absolute atomic E-state index is 3.66. The lowest BCUT2D eigenvalue weighted by Gasteiger charge is -2.46. The first-order valence-corrected chi connectivity index (χ1v) is 8.43. The minimum absolute atomic E-state index is 0.240.